The van der Waals surface area contributed by atoms with Crippen LogP contribution in [0.1, 0.15) is 17.5 Å². The molecule has 0 fully saturated rings. The molecule has 1 nitrogen and oxygen atoms in total. The predicted octanol–water partition coefficient (Wildman–Crippen LogP) is 3.68. The fraction of sp³-hybridized carbons (Fsp3) is 0.235. The largest absolute Gasteiger partial charge is 0.303 e. The van der Waals surface area contributed by atoms with E-state index in [1.807, 2.05) is 12.1 Å². The van der Waals surface area contributed by atoms with Gasteiger partial charge in [0.15, 0.2) is 0 Å². The highest BCUT2D eigenvalue weighted by atomic mass is 16.1. The maximum Gasteiger partial charge on any atom is 0.120 e. The molecule has 0 aliphatic rings. The first-order valence-electron chi connectivity index (χ1n) is 6.40. The molecular weight excluding hydrogens is 220 g/mol. The zero-order chi connectivity index (χ0) is 12.6. The van der Waals surface area contributed by atoms with Crippen molar-refractivity contribution in [2.24, 2.45) is 5.92 Å². The van der Waals surface area contributed by atoms with Crippen molar-refractivity contribution in [3.05, 3.63) is 71.8 Å². The van der Waals surface area contributed by atoms with Crippen molar-refractivity contribution in [1.82, 2.24) is 0 Å². The first-order valence-corrected chi connectivity index (χ1v) is 6.40. The number of hydrogen-bond acceptors (Lipinski definition) is 1. The maximum atomic E-state index is 10.8. The van der Waals surface area contributed by atoms with E-state index in [0.29, 0.717) is 12.3 Å². The monoisotopic (exact) mass is 238 g/mol. The fourth-order valence-electron chi connectivity index (χ4n) is 2.27. The molecule has 0 aromatic heterocycles. The van der Waals surface area contributed by atoms with Gasteiger partial charge >= 0.3 is 0 Å². The SMILES string of the molecule is O=CCC(Cc1ccccc1)Cc1ccccc1. The Kier molecular flexibility index (Phi) is 4.71. The number of aldehydes is 1. The Morgan fingerprint density at radius 2 is 1.22 bits per heavy atom. The van der Waals surface area contributed by atoms with Gasteiger partial charge in [-0.25, -0.2) is 0 Å². The van der Waals surface area contributed by atoms with Crippen LogP contribution in [0, 0.1) is 5.92 Å². The molecule has 0 bridgehead atoms. The molecule has 0 unspecified atom stereocenters. The molecule has 0 atom stereocenters. The Morgan fingerprint density at radius 1 is 0.778 bits per heavy atom. The molecule has 0 aliphatic heterocycles. The van der Waals surface area contributed by atoms with Gasteiger partial charge in [0.25, 0.3) is 0 Å². The molecule has 0 N–H and O–H groups in total. The smallest absolute Gasteiger partial charge is 0.120 e. The topological polar surface area (TPSA) is 17.1 Å². The molecular formula is C17H18O. The highest BCUT2D eigenvalue weighted by Crippen LogP contribution is 2.17. The van der Waals surface area contributed by atoms with Gasteiger partial charge in [-0.15, -0.1) is 0 Å². The van der Waals surface area contributed by atoms with Crippen LogP contribution in [0.4, 0.5) is 0 Å². The van der Waals surface area contributed by atoms with Crippen LogP contribution in [0.3, 0.4) is 0 Å². The van der Waals surface area contributed by atoms with E-state index in [2.05, 4.69) is 48.5 Å². The number of carbonyl (C=O) groups excluding carboxylic acids is 1. The summed E-state index contributed by atoms with van der Waals surface area (Å²) in [7, 11) is 0. The molecule has 1 heteroatoms. The van der Waals surface area contributed by atoms with Gasteiger partial charge in [0.05, 0.1) is 0 Å². The molecule has 0 amide bonds. The fourth-order valence-corrected chi connectivity index (χ4v) is 2.27. The molecule has 0 saturated carbocycles. The van der Waals surface area contributed by atoms with Crippen LogP contribution in [0.15, 0.2) is 60.7 Å². The first-order chi connectivity index (χ1) is 8.88. The van der Waals surface area contributed by atoms with Crippen molar-refractivity contribution in [3.63, 3.8) is 0 Å². The Balaban J connectivity index is 2.02. The van der Waals surface area contributed by atoms with Crippen molar-refractivity contribution < 1.29 is 4.79 Å². The minimum atomic E-state index is 0.396. The van der Waals surface area contributed by atoms with E-state index in [9.17, 15) is 4.79 Å². The van der Waals surface area contributed by atoms with Gasteiger partial charge in [0, 0.05) is 6.42 Å². The molecule has 2 rings (SSSR count). The van der Waals surface area contributed by atoms with Crippen LogP contribution in [0.2, 0.25) is 0 Å². The molecule has 0 saturated heterocycles. The summed E-state index contributed by atoms with van der Waals surface area (Å²) < 4.78 is 0. The number of benzene rings is 2. The lowest BCUT2D eigenvalue weighted by atomic mass is 9.90. The van der Waals surface area contributed by atoms with E-state index in [1.54, 1.807) is 0 Å². The van der Waals surface area contributed by atoms with Crippen LogP contribution in [0.25, 0.3) is 0 Å². The molecule has 0 spiro atoms. The minimum Gasteiger partial charge on any atom is -0.303 e. The first kappa shape index (κ1) is 12.6. The number of rotatable bonds is 6. The van der Waals surface area contributed by atoms with E-state index in [4.69, 9.17) is 0 Å². The second-order valence-electron chi connectivity index (χ2n) is 4.65. The van der Waals surface area contributed by atoms with Gasteiger partial charge in [-0.2, -0.15) is 0 Å². The molecule has 2 aromatic rings. The second-order valence-corrected chi connectivity index (χ2v) is 4.65. The van der Waals surface area contributed by atoms with Gasteiger partial charge in [-0.1, -0.05) is 60.7 Å². The summed E-state index contributed by atoms with van der Waals surface area (Å²) in [5.41, 5.74) is 2.61. The molecule has 0 heterocycles. The van der Waals surface area contributed by atoms with Gasteiger partial charge in [-0.05, 0) is 29.9 Å². The van der Waals surface area contributed by atoms with Crippen LogP contribution >= 0.6 is 0 Å². The third-order valence-corrected chi connectivity index (χ3v) is 3.16. The van der Waals surface area contributed by atoms with Gasteiger partial charge in [-0.3, -0.25) is 0 Å². The van der Waals surface area contributed by atoms with Crippen LogP contribution in [-0.4, -0.2) is 6.29 Å². The average molecular weight is 238 g/mol. The van der Waals surface area contributed by atoms with Gasteiger partial charge in [0.1, 0.15) is 6.29 Å². The van der Waals surface area contributed by atoms with Crippen molar-refractivity contribution in [3.8, 4) is 0 Å². The summed E-state index contributed by atoms with van der Waals surface area (Å²) >= 11 is 0. The molecule has 18 heavy (non-hydrogen) atoms. The average Bonchev–Trinajstić information content (AvgIpc) is 2.41. The van der Waals surface area contributed by atoms with Crippen molar-refractivity contribution in [2.45, 2.75) is 19.3 Å². The van der Waals surface area contributed by atoms with Crippen LogP contribution < -0.4 is 0 Å². The number of carbonyl (C=O) groups is 1. The van der Waals surface area contributed by atoms with Gasteiger partial charge < -0.3 is 4.79 Å². The lowest BCUT2D eigenvalue weighted by molar-refractivity contribution is -0.108. The summed E-state index contributed by atoms with van der Waals surface area (Å²) in [6.45, 7) is 0. The summed E-state index contributed by atoms with van der Waals surface area (Å²) in [6, 6.07) is 20.8. The Bertz CT molecular complexity index is 420. The molecule has 0 radical (unpaired) electrons. The summed E-state index contributed by atoms with van der Waals surface area (Å²) in [5.74, 6) is 0.396. The predicted molar refractivity (Wildman–Crippen MR) is 74.5 cm³/mol. The van der Waals surface area contributed by atoms with Crippen molar-refractivity contribution in [1.29, 1.82) is 0 Å². The van der Waals surface area contributed by atoms with Crippen molar-refractivity contribution in [2.75, 3.05) is 0 Å². The van der Waals surface area contributed by atoms with Crippen molar-refractivity contribution >= 4 is 6.29 Å². The standard InChI is InChI=1S/C17H18O/c18-12-11-17(13-15-7-3-1-4-8-15)14-16-9-5-2-6-10-16/h1-10,12,17H,11,13-14H2. The van der Waals surface area contributed by atoms with E-state index >= 15 is 0 Å². The Labute approximate surface area is 108 Å². The zero-order valence-corrected chi connectivity index (χ0v) is 10.5. The minimum absolute atomic E-state index is 0.396. The molecule has 2 aromatic carbocycles. The summed E-state index contributed by atoms with van der Waals surface area (Å²) in [5, 5.41) is 0. The molecule has 92 valence electrons. The molecule has 0 aliphatic carbocycles. The lowest BCUT2D eigenvalue weighted by Gasteiger charge is -2.14. The summed E-state index contributed by atoms with van der Waals surface area (Å²) in [4.78, 5) is 10.8. The Hall–Kier alpha value is -1.89. The lowest BCUT2D eigenvalue weighted by Crippen LogP contribution is -2.09. The van der Waals surface area contributed by atoms with E-state index < -0.39 is 0 Å². The van der Waals surface area contributed by atoms with E-state index in [-0.39, 0.29) is 0 Å². The maximum absolute atomic E-state index is 10.8. The highest BCUT2D eigenvalue weighted by Gasteiger charge is 2.10. The number of hydrogen-bond donors (Lipinski definition) is 0. The Morgan fingerprint density at radius 3 is 1.61 bits per heavy atom. The van der Waals surface area contributed by atoms with Crippen LogP contribution in [0.5, 0.6) is 0 Å². The van der Waals surface area contributed by atoms with E-state index in [1.165, 1.54) is 11.1 Å². The third-order valence-electron chi connectivity index (χ3n) is 3.16. The second kappa shape index (κ2) is 6.75. The third kappa shape index (κ3) is 3.85. The summed E-state index contributed by atoms with van der Waals surface area (Å²) in [6.07, 6.45) is 3.60. The quantitative estimate of drug-likeness (QED) is 0.702. The van der Waals surface area contributed by atoms with Crippen LogP contribution in [-0.2, 0) is 17.6 Å². The van der Waals surface area contributed by atoms with Gasteiger partial charge in [0.2, 0.25) is 0 Å². The zero-order valence-electron chi connectivity index (χ0n) is 10.5. The van der Waals surface area contributed by atoms with E-state index in [0.717, 1.165) is 19.1 Å². The highest BCUT2D eigenvalue weighted by molar-refractivity contribution is 5.50. The normalized spacial score (nSPS) is 10.5.